The summed E-state index contributed by atoms with van der Waals surface area (Å²) in [5, 5.41) is 0. The number of aromatic nitrogens is 1. The molecule has 0 unspecified atom stereocenters. The highest BCUT2D eigenvalue weighted by Crippen LogP contribution is 2.46. The van der Waals surface area contributed by atoms with Gasteiger partial charge in [0.05, 0.1) is 5.69 Å². The molecular weight excluding hydrogens is 280 g/mol. The normalized spacial score (nSPS) is 14.5. The van der Waals surface area contributed by atoms with E-state index in [0.717, 1.165) is 25.1 Å². The fraction of sp³-hybridized carbons (Fsp3) is 0.381. The van der Waals surface area contributed by atoms with E-state index in [1.807, 2.05) is 12.3 Å². The Morgan fingerprint density at radius 3 is 2.48 bits per heavy atom. The van der Waals surface area contributed by atoms with Crippen LogP contribution in [-0.4, -0.2) is 30.5 Å². The van der Waals surface area contributed by atoms with Gasteiger partial charge in [-0.05, 0) is 55.8 Å². The molecule has 0 atom stereocenters. The van der Waals surface area contributed by atoms with Crippen LogP contribution in [0.3, 0.4) is 0 Å². The molecule has 1 heterocycles. The van der Waals surface area contributed by atoms with E-state index >= 15 is 0 Å². The van der Waals surface area contributed by atoms with Crippen molar-refractivity contribution in [2.45, 2.75) is 32.1 Å². The minimum Gasteiger partial charge on any atom is -0.309 e. The SMILES string of the molecule is CN(C)CCC1=C(C(C)(C)c2ccccn2)c2ccccc2C1. The lowest BCUT2D eigenvalue weighted by Gasteiger charge is -2.29. The second kappa shape index (κ2) is 6.29. The molecule has 23 heavy (non-hydrogen) atoms. The lowest BCUT2D eigenvalue weighted by atomic mass is 9.76. The molecule has 0 aliphatic heterocycles. The lowest BCUT2D eigenvalue weighted by molar-refractivity contribution is 0.412. The van der Waals surface area contributed by atoms with Crippen LogP contribution >= 0.6 is 0 Å². The first-order chi connectivity index (χ1) is 11.0. The lowest BCUT2D eigenvalue weighted by Crippen LogP contribution is -2.22. The summed E-state index contributed by atoms with van der Waals surface area (Å²) in [5.74, 6) is 0. The van der Waals surface area contributed by atoms with Crippen LogP contribution in [0.5, 0.6) is 0 Å². The van der Waals surface area contributed by atoms with Gasteiger partial charge in [-0.1, -0.05) is 49.8 Å². The summed E-state index contributed by atoms with van der Waals surface area (Å²) in [6.07, 6.45) is 4.10. The van der Waals surface area contributed by atoms with Gasteiger partial charge in [-0.2, -0.15) is 0 Å². The average molecular weight is 306 g/mol. The van der Waals surface area contributed by atoms with Crippen LogP contribution in [-0.2, 0) is 11.8 Å². The van der Waals surface area contributed by atoms with Crippen LogP contribution < -0.4 is 0 Å². The van der Waals surface area contributed by atoms with E-state index in [1.54, 1.807) is 5.57 Å². The molecule has 0 fully saturated rings. The maximum absolute atomic E-state index is 4.65. The number of hydrogen-bond acceptors (Lipinski definition) is 2. The summed E-state index contributed by atoms with van der Waals surface area (Å²) in [7, 11) is 4.29. The van der Waals surface area contributed by atoms with E-state index in [0.29, 0.717) is 0 Å². The molecule has 3 rings (SSSR count). The molecule has 1 aliphatic rings. The van der Waals surface area contributed by atoms with E-state index in [9.17, 15) is 0 Å². The Bertz CT molecular complexity index is 712. The van der Waals surface area contributed by atoms with Gasteiger partial charge in [0.25, 0.3) is 0 Å². The molecule has 0 spiro atoms. The van der Waals surface area contributed by atoms with Crippen molar-refractivity contribution in [3.8, 4) is 0 Å². The number of hydrogen-bond donors (Lipinski definition) is 0. The van der Waals surface area contributed by atoms with Crippen LogP contribution in [0.25, 0.3) is 5.57 Å². The third kappa shape index (κ3) is 3.09. The highest BCUT2D eigenvalue weighted by atomic mass is 15.0. The molecule has 1 aliphatic carbocycles. The van der Waals surface area contributed by atoms with E-state index in [4.69, 9.17) is 0 Å². The maximum atomic E-state index is 4.65. The molecule has 0 radical (unpaired) electrons. The Labute approximate surface area is 139 Å². The first-order valence-corrected chi connectivity index (χ1v) is 8.37. The summed E-state index contributed by atoms with van der Waals surface area (Å²) < 4.78 is 0. The zero-order valence-corrected chi connectivity index (χ0v) is 14.6. The van der Waals surface area contributed by atoms with Crippen LogP contribution in [0.4, 0.5) is 0 Å². The summed E-state index contributed by atoms with van der Waals surface area (Å²) >= 11 is 0. The second-order valence-electron chi connectivity index (χ2n) is 7.21. The fourth-order valence-electron chi connectivity index (χ4n) is 3.64. The van der Waals surface area contributed by atoms with E-state index in [1.165, 1.54) is 16.7 Å². The third-order valence-corrected chi connectivity index (χ3v) is 4.84. The third-order valence-electron chi connectivity index (χ3n) is 4.84. The van der Waals surface area contributed by atoms with E-state index in [-0.39, 0.29) is 5.41 Å². The van der Waals surface area contributed by atoms with Crippen molar-refractivity contribution in [3.05, 3.63) is 71.1 Å². The van der Waals surface area contributed by atoms with Gasteiger partial charge in [-0.15, -0.1) is 0 Å². The molecule has 0 bridgehead atoms. The molecule has 1 aromatic carbocycles. The Morgan fingerprint density at radius 1 is 1.04 bits per heavy atom. The summed E-state index contributed by atoms with van der Waals surface area (Å²) in [6, 6.07) is 15.1. The summed E-state index contributed by atoms with van der Waals surface area (Å²) in [6.45, 7) is 5.70. The van der Waals surface area contributed by atoms with Crippen LogP contribution in [0.2, 0.25) is 0 Å². The molecule has 0 saturated carbocycles. The number of allylic oxidation sites excluding steroid dienone is 1. The van der Waals surface area contributed by atoms with Crippen LogP contribution in [0, 0.1) is 0 Å². The number of pyridine rings is 1. The Balaban J connectivity index is 2.07. The molecular formula is C21H26N2. The maximum Gasteiger partial charge on any atom is 0.0503 e. The predicted molar refractivity (Wildman–Crippen MR) is 97.5 cm³/mol. The Hall–Kier alpha value is -1.93. The van der Waals surface area contributed by atoms with Gasteiger partial charge in [0, 0.05) is 18.2 Å². The van der Waals surface area contributed by atoms with E-state index in [2.05, 4.69) is 74.2 Å². The highest BCUT2D eigenvalue weighted by molar-refractivity contribution is 5.82. The topological polar surface area (TPSA) is 16.1 Å². The van der Waals surface area contributed by atoms with Crippen molar-refractivity contribution in [2.24, 2.45) is 0 Å². The average Bonchev–Trinajstić information content (AvgIpc) is 2.93. The first kappa shape index (κ1) is 15.9. The van der Waals surface area contributed by atoms with Gasteiger partial charge >= 0.3 is 0 Å². The van der Waals surface area contributed by atoms with Crippen molar-refractivity contribution in [1.29, 1.82) is 0 Å². The monoisotopic (exact) mass is 306 g/mol. The van der Waals surface area contributed by atoms with Crippen molar-refractivity contribution in [1.82, 2.24) is 9.88 Å². The molecule has 2 aromatic rings. The second-order valence-corrected chi connectivity index (χ2v) is 7.21. The number of fused-ring (bicyclic) bond motifs is 1. The summed E-state index contributed by atoms with van der Waals surface area (Å²) in [4.78, 5) is 6.92. The molecule has 0 saturated heterocycles. The number of nitrogens with zero attached hydrogens (tertiary/aromatic N) is 2. The predicted octanol–water partition coefficient (Wildman–Crippen LogP) is 4.32. The zero-order valence-electron chi connectivity index (χ0n) is 14.6. The standard InChI is InChI=1S/C21H26N2/c1-21(2,19-11-7-8-13-22-19)20-17(12-14-23(3)4)15-16-9-5-6-10-18(16)20/h5-11,13H,12,14-15H2,1-4H3. The molecule has 2 heteroatoms. The van der Waals surface area contributed by atoms with E-state index < -0.39 is 0 Å². The molecule has 1 aromatic heterocycles. The minimum absolute atomic E-state index is 0.0739. The fourth-order valence-corrected chi connectivity index (χ4v) is 3.64. The zero-order chi connectivity index (χ0) is 16.4. The van der Waals surface area contributed by atoms with Crippen molar-refractivity contribution in [2.75, 3.05) is 20.6 Å². The van der Waals surface area contributed by atoms with Crippen molar-refractivity contribution < 1.29 is 0 Å². The molecule has 2 nitrogen and oxygen atoms in total. The first-order valence-electron chi connectivity index (χ1n) is 8.37. The van der Waals surface area contributed by atoms with Crippen molar-refractivity contribution in [3.63, 3.8) is 0 Å². The number of rotatable bonds is 5. The van der Waals surface area contributed by atoms with Crippen LogP contribution in [0.15, 0.2) is 54.2 Å². The van der Waals surface area contributed by atoms with Gasteiger partial charge in [0.15, 0.2) is 0 Å². The van der Waals surface area contributed by atoms with Gasteiger partial charge in [-0.3, -0.25) is 4.98 Å². The van der Waals surface area contributed by atoms with Gasteiger partial charge in [0.1, 0.15) is 0 Å². The van der Waals surface area contributed by atoms with Gasteiger partial charge in [0.2, 0.25) is 0 Å². The van der Waals surface area contributed by atoms with Gasteiger partial charge in [-0.25, -0.2) is 0 Å². The van der Waals surface area contributed by atoms with Crippen molar-refractivity contribution >= 4 is 5.57 Å². The smallest absolute Gasteiger partial charge is 0.0503 e. The molecule has 0 amide bonds. The quantitative estimate of drug-likeness (QED) is 0.818. The molecule has 120 valence electrons. The molecule has 0 N–H and O–H groups in total. The largest absolute Gasteiger partial charge is 0.309 e. The Morgan fingerprint density at radius 2 is 1.78 bits per heavy atom. The highest BCUT2D eigenvalue weighted by Gasteiger charge is 2.34. The van der Waals surface area contributed by atoms with Gasteiger partial charge < -0.3 is 4.90 Å². The van der Waals surface area contributed by atoms with Crippen LogP contribution in [0.1, 0.15) is 37.1 Å². The Kier molecular flexibility index (Phi) is 4.36. The minimum atomic E-state index is -0.0739. The summed E-state index contributed by atoms with van der Waals surface area (Å²) in [5.41, 5.74) is 6.99. The number of benzene rings is 1.